The van der Waals surface area contributed by atoms with E-state index in [1.165, 1.54) is 0 Å². The van der Waals surface area contributed by atoms with Gasteiger partial charge in [0.15, 0.2) is 5.66 Å². The van der Waals surface area contributed by atoms with Crippen molar-refractivity contribution >= 4 is 5.91 Å². The molecule has 1 N–H and O–H groups in total. The van der Waals surface area contributed by atoms with Gasteiger partial charge in [0.1, 0.15) is 0 Å². The molecule has 1 aliphatic heterocycles. The van der Waals surface area contributed by atoms with Crippen LogP contribution in [-0.2, 0) is 18.3 Å². The number of rotatable bonds is 6. The van der Waals surface area contributed by atoms with Gasteiger partial charge >= 0.3 is 0 Å². The molecular weight excluding hydrogens is 304 g/mol. The Balaban J connectivity index is 1.60. The second kappa shape index (κ2) is 6.60. The average molecular weight is 326 g/mol. The number of amides is 1. The monoisotopic (exact) mass is 326 g/mol. The van der Waals surface area contributed by atoms with E-state index in [2.05, 4.69) is 21.5 Å². The van der Waals surface area contributed by atoms with Crippen LogP contribution in [0, 0.1) is 12.3 Å². The predicted octanol–water partition coefficient (Wildman–Crippen LogP) is 2.23. The minimum absolute atomic E-state index is 0.000847. The molecule has 6 heteroatoms. The maximum absolute atomic E-state index is 12.3. The van der Waals surface area contributed by atoms with Gasteiger partial charge in [-0.2, -0.15) is 10.2 Å². The molecular formula is C18H22N4O2. The molecule has 1 atom stereocenters. The van der Waals surface area contributed by atoms with Crippen LogP contribution in [0.2, 0.25) is 0 Å². The summed E-state index contributed by atoms with van der Waals surface area (Å²) in [4.78, 5) is 24.1. The van der Waals surface area contributed by atoms with Gasteiger partial charge in [-0.1, -0.05) is 0 Å². The van der Waals surface area contributed by atoms with Crippen LogP contribution < -0.4 is 10.9 Å². The molecule has 0 aromatic carbocycles. The molecule has 2 heterocycles. The molecule has 0 spiro atoms. The van der Waals surface area contributed by atoms with Crippen molar-refractivity contribution in [2.45, 2.75) is 56.7 Å². The number of fused-ring (bicyclic) bond motifs is 1. The fourth-order valence-corrected chi connectivity index (χ4v) is 3.35. The number of hydrogen-bond donors (Lipinski definition) is 1. The molecule has 2 aliphatic rings. The van der Waals surface area contributed by atoms with Crippen molar-refractivity contribution in [3.63, 3.8) is 0 Å². The van der Waals surface area contributed by atoms with Gasteiger partial charge < -0.3 is 9.88 Å². The van der Waals surface area contributed by atoms with E-state index < -0.39 is 5.66 Å². The summed E-state index contributed by atoms with van der Waals surface area (Å²) in [5.41, 5.74) is 1.65. The van der Waals surface area contributed by atoms with E-state index in [1.54, 1.807) is 17.7 Å². The van der Waals surface area contributed by atoms with Crippen molar-refractivity contribution < 1.29 is 4.79 Å². The van der Waals surface area contributed by atoms with Crippen molar-refractivity contribution in [2.75, 3.05) is 0 Å². The fraction of sp³-hybridized carbons (Fsp3) is 0.556. The van der Waals surface area contributed by atoms with Crippen LogP contribution >= 0.6 is 0 Å². The predicted molar refractivity (Wildman–Crippen MR) is 90.4 cm³/mol. The van der Waals surface area contributed by atoms with E-state index in [-0.39, 0.29) is 17.5 Å². The Morgan fingerprint density at radius 1 is 1.46 bits per heavy atom. The van der Waals surface area contributed by atoms with Gasteiger partial charge in [-0.25, -0.2) is 0 Å². The number of nitrogens with one attached hydrogen (secondary N) is 1. The Morgan fingerprint density at radius 3 is 2.96 bits per heavy atom. The molecule has 126 valence electrons. The van der Waals surface area contributed by atoms with Crippen LogP contribution in [0.15, 0.2) is 27.2 Å². The summed E-state index contributed by atoms with van der Waals surface area (Å²) in [5, 5.41) is 11.2. The first-order valence-corrected chi connectivity index (χ1v) is 8.40. The third-order valence-corrected chi connectivity index (χ3v) is 4.90. The Labute approximate surface area is 141 Å². The zero-order valence-electron chi connectivity index (χ0n) is 13.9. The lowest BCUT2D eigenvalue weighted by Gasteiger charge is -2.27. The van der Waals surface area contributed by atoms with Crippen LogP contribution in [-0.4, -0.2) is 16.1 Å². The van der Waals surface area contributed by atoms with E-state index in [0.29, 0.717) is 25.7 Å². The summed E-state index contributed by atoms with van der Waals surface area (Å²) in [6, 6.07) is 3.39. The molecule has 24 heavy (non-hydrogen) atoms. The maximum atomic E-state index is 12.3. The summed E-state index contributed by atoms with van der Waals surface area (Å²) in [6.07, 6.45) is 10.3. The smallest absolute Gasteiger partial charge is 0.250 e. The number of nitrogens with zero attached hydrogens (tertiary/aromatic N) is 3. The molecule has 1 aliphatic carbocycles. The van der Waals surface area contributed by atoms with E-state index in [4.69, 9.17) is 6.42 Å². The number of carbonyl (C=O) groups excluding carboxylic acids is 1. The van der Waals surface area contributed by atoms with Crippen LogP contribution in [0.3, 0.4) is 0 Å². The minimum Gasteiger partial charge on any atom is -0.349 e. The van der Waals surface area contributed by atoms with Crippen molar-refractivity contribution in [2.24, 2.45) is 17.3 Å². The zero-order valence-corrected chi connectivity index (χ0v) is 13.9. The summed E-state index contributed by atoms with van der Waals surface area (Å²) in [7, 11) is 1.79. The highest BCUT2D eigenvalue weighted by atomic mass is 16.1. The third kappa shape index (κ3) is 3.40. The highest BCUT2D eigenvalue weighted by molar-refractivity contribution is 5.76. The lowest BCUT2D eigenvalue weighted by Crippen LogP contribution is -2.34. The number of carbonyl (C=O) groups is 1. The molecule has 1 aromatic rings. The van der Waals surface area contributed by atoms with Crippen LogP contribution in [0.1, 0.15) is 55.8 Å². The summed E-state index contributed by atoms with van der Waals surface area (Å²) >= 11 is 0. The molecule has 3 rings (SSSR count). The molecule has 0 fully saturated rings. The van der Waals surface area contributed by atoms with Crippen molar-refractivity contribution in [3.05, 3.63) is 33.7 Å². The van der Waals surface area contributed by atoms with Crippen molar-refractivity contribution in [1.82, 2.24) is 9.88 Å². The Kier molecular flexibility index (Phi) is 4.52. The fourth-order valence-electron chi connectivity index (χ4n) is 3.35. The Bertz CT molecular complexity index is 766. The minimum atomic E-state index is -0.419. The first-order valence-electron chi connectivity index (χ1n) is 8.40. The van der Waals surface area contributed by atoms with E-state index in [1.807, 2.05) is 6.07 Å². The van der Waals surface area contributed by atoms with Gasteiger partial charge in [0.05, 0.1) is 6.04 Å². The van der Waals surface area contributed by atoms with Gasteiger partial charge in [-0.05, 0) is 30.9 Å². The highest BCUT2D eigenvalue weighted by Gasteiger charge is 2.39. The van der Waals surface area contributed by atoms with Gasteiger partial charge in [0, 0.05) is 44.5 Å². The lowest BCUT2D eigenvalue weighted by atomic mass is 9.90. The van der Waals surface area contributed by atoms with Gasteiger partial charge in [0.25, 0.3) is 0 Å². The lowest BCUT2D eigenvalue weighted by molar-refractivity contribution is -0.122. The van der Waals surface area contributed by atoms with Crippen molar-refractivity contribution in [1.29, 1.82) is 0 Å². The molecule has 0 saturated carbocycles. The zero-order chi connectivity index (χ0) is 17.2. The summed E-state index contributed by atoms with van der Waals surface area (Å²) in [5.74, 6) is 2.59. The normalized spacial score (nSPS) is 20.1. The Morgan fingerprint density at radius 2 is 2.25 bits per heavy atom. The topological polar surface area (TPSA) is 75.8 Å². The summed E-state index contributed by atoms with van der Waals surface area (Å²) in [6.45, 7) is 0. The first kappa shape index (κ1) is 16.4. The number of terminal acetylenes is 1. The second-order valence-electron chi connectivity index (χ2n) is 6.53. The van der Waals surface area contributed by atoms with Crippen LogP contribution in [0.25, 0.3) is 0 Å². The van der Waals surface area contributed by atoms with Gasteiger partial charge in [-0.3, -0.25) is 9.59 Å². The third-order valence-electron chi connectivity index (χ3n) is 4.90. The van der Waals surface area contributed by atoms with E-state index in [9.17, 15) is 9.59 Å². The number of pyridine rings is 1. The quantitative estimate of drug-likeness (QED) is 0.814. The van der Waals surface area contributed by atoms with E-state index in [0.717, 1.165) is 30.5 Å². The molecule has 1 aromatic heterocycles. The molecule has 0 bridgehead atoms. The maximum Gasteiger partial charge on any atom is 0.250 e. The van der Waals surface area contributed by atoms with Crippen LogP contribution in [0.5, 0.6) is 0 Å². The molecule has 0 radical (unpaired) electrons. The Hall–Kier alpha value is -2.42. The number of aromatic nitrogens is 1. The molecule has 1 unspecified atom stereocenters. The van der Waals surface area contributed by atoms with Crippen molar-refractivity contribution in [3.8, 4) is 12.3 Å². The standard InChI is InChI=1S/C18H22N4O2/c1-3-4-11-18(20-21-18)12-10-16(23)19-14-6-5-7-15-13(14)8-9-17(24)22(15)2/h1,8-9,14H,4-7,10-12H2,2H3,(H,19,23). The summed E-state index contributed by atoms with van der Waals surface area (Å²) < 4.78 is 1.68. The van der Waals surface area contributed by atoms with E-state index >= 15 is 0 Å². The van der Waals surface area contributed by atoms with Crippen LogP contribution in [0.4, 0.5) is 0 Å². The second-order valence-corrected chi connectivity index (χ2v) is 6.53. The molecule has 1 amide bonds. The average Bonchev–Trinajstić information content (AvgIpc) is 3.35. The molecule has 0 saturated heterocycles. The largest absolute Gasteiger partial charge is 0.349 e. The number of hydrogen-bond acceptors (Lipinski definition) is 4. The highest BCUT2D eigenvalue weighted by Crippen LogP contribution is 2.37. The SMILES string of the molecule is C#CCCC1(CCC(=O)NC2CCCc3c2ccc(=O)n3C)N=N1. The first-order chi connectivity index (χ1) is 11.5. The molecule has 6 nitrogen and oxygen atoms in total. The van der Waals surface area contributed by atoms with Gasteiger partial charge in [-0.15, -0.1) is 12.3 Å². The van der Waals surface area contributed by atoms with Gasteiger partial charge in [0.2, 0.25) is 11.5 Å².